The molecule has 1 fully saturated rings. The fourth-order valence-corrected chi connectivity index (χ4v) is 4.66. The van der Waals surface area contributed by atoms with E-state index in [2.05, 4.69) is 5.32 Å². The lowest BCUT2D eigenvalue weighted by Gasteiger charge is -2.35. The van der Waals surface area contributed by atoms with Gasteiger partial charge in [0.2, 0.25) is 10.0 Å². The summed E-state index contributed by atoms with van der Waals surface area (Å²) in [5.74, 6) is 0. The average Bonchev–Trinajstić information content (AvgIpc) is 2.61. The summed E-state index contributed by atoms with van der Waals surface area (Å²) in [5.41, 5.74) is 0. The molecule has 0 unspecified atom stereocenters. The van der Waals surface area contributed by atoms with Crippen LogP contribution in [0, 0.1) is 0 Å². The molecule has 1 N–H and O–H groups in total. The monoisotopic (exact) mass is 363 g/mol. The molecule has 24 heavy (non-hydrogen) atoms. The number of sulfonamides is 1. The second kappa shape index (κ2) is 7.04. The van der Waals surface area contributed by atoms with Gasteiger partial charge in [-0.2, -0.15) is 4.31 Å². The van der Waals surface area contributed by atoms with Crippen molar-refractivity contribution < 1.29 is 8.42 Å². The number of nitrogens with one attached hydrogen (secondary N) is 1. The molecule has 0 amide bonds. The van der Waals surface area contributed by atoms with Gasteiger partial charge in [0.1, 0.15) is 0 Å². The molecule has 0 saturated carbocycles. The van der Waals surface area contributed by atoms with Crippen LogP contribution >= 0.6 is 12.2 Å². The lowest BCUT2D eigenvalue weighted by atomic mass is 10.1. The zero-order valence-corrected chi connectivity index (χ0v) is 15.2. The van der Waals surface area contributed by atoms with Gasteiger partial charge in [0, 0.05) is 32.7 Å². The summed E-state index contributed by atoms with van der Waals surface area (Å²) in [6.07, 6.45) is 0. The number of rotatable bonds is 3. The largest absolute Gasteiger partial charge is 0.363 e. The third-order valence-corrected chi connectivity index (χ3v) is 6.51. The summed E-state index contributed by atoms with van der Waals surface area (Å²) < 4.78 is 27.3. The van der Waals surface area contributed by atoms with Crippen LogP contribution in [0.25, 0.3) is 10.8 Å². The van der Waals surface area contributed by atoms with Gasteiger partial charge in [-0.1, -0.05) is 30.3 Å². The normalized spacial score (nSPS) is 16.3. The molecule has 128 valence electrons. The first-order chi connectivity index (χ1) is 11.5. The molecule has 0 atom stereocenters. The van der Waals surface area contributed by atoms with Crippen LogP contribution in [-0.2, 0) is 10.0 Å². The maximum atomic E-state index is 12.9. The summed E-state index contributed by atoms with van der Waals surface area (Å²) in [6.45, 7) is 4.87. The number of fused-ring (bicyclic) bond motifs is 1. The van der Waals surface area contributed by atoms with E-state index in [-0.39, 0.29) is 0 Å². The zero-order valence-electron chi connectivity index (χ0n) is 13.6. The van der Waals surface area contributed by atoms with Crippen molar-refractivity contribution in [3.63, 3.8) is 0 Å². The van der Waals surface area contributed by atoms with Gasteiger partial charge in [-0.25, -0.2) is 8.42 Å². The lowest BCUT2D eigenvalue weighted by molar-refractivity contribution is 0.264. The van der Waals surface area contributed by atoms with E-state index in [9.17, 15) is 8.42 Å². The van der Waals surface area contributed by atoms with Gasteiger partial charge in [0.25, 0.3) is 0 Å². The topological polar surface area (TPSA) is 52.6 Å². The third-order valence-electron chi connectivity index (χ3n) is 4.21. The molecule has 0 aromatic heterocycles. The first-order valence-corrected chi connectivity index (χ1v) is 9.89. The first kappa shape index (κ1) is 17.1. The molecule has 0 aliphatic carbocycles. The van der Waals surface area contributed by atoms with Crippen LogP contribution in [0.5, 0.6) is 0 Å². The zero-order chi connectivity index (χ0) is 17.2. The van der Waals surface area contributed by atoms with Gasteiger partial charge < -0.3 is 10.2 Å². The average molecular weight is 364 g/mol. The molecule has 5 nitrogen and oxygen atoms in total. The Kier molecular flexibility index (Phi) is 5.03. The summed E-state index contributed by atoms with van der Waals surface area (Å²) in [4.78, 5) is 2.37. The van der Waals surface area contributed by atoms with Gasteiger partial charge in [-0.05, 0) is 42.0 Å². The van der Waals surface area contributed by atoms with E-state index in [0.717, 1.165) is 17.3 Å². The number of thiocarbonyl (C=S) groups is 1. The maximum absolute atomic E-state index is 12.9. The smallest absolute Gasteiger partial charge is 0.243 e. The van der Waals surface area contributed by atoms with E-state index in [0.29, 0.717) is 36.2 Å². The van der Waals surface area contributed by atoms with Crippen LogP contribution in [0.2, 0.25) is 0 Å². The summed E-state index contributed by atoms with van der Waals surface area (Å²) in [5, 5.41) is 5.78. The minimum atomic E-state index is -3.47. The van der Waals surface area contributed by atoms with E-state index < -0.39 is 10.0 Å². The number of piperazine rings is 1. The quantitative estimate of drug-likeness (QED) is 0.846. The molecule has 3 rings (SSSR count). The molecule has 2 aromatic rings. The highest BCUT2D eigenvalue weighted by Gasteiger charge is 2.29. The first-order valence-electron chi connectivity index (χ1n) is 8.04. The van der Waals surface area contributed by atoms with Gasteiger partial charge >= 0.3 is 0 Å². The second-order valence-corrected chi connectivity index (χ2v) is 8.06. The van der Waals surface area contributed by atoms with Gasteiger partial charge in [-0.3, -0.25) is 0 Å². The second-order valence-electron chi connectivity index (χ2n) is 5.74. The standard InChI is InChI=1S/C17H21N3O2S2/c1-2-18-17(23)19-9-11-20(12-10-19)24(21,22)16-8-7-14-5-3-4-6-15(14)13-16/h3-8,13H,2,9-12H2,1H3,(H,18,23). The predicted molar refractivity (Wildman–Crippen MR) is 101 cm³/mol. The van der Waals surface area contributed by atoms with Gasteiger partial charge in [0.05, 0.1) is 4.90 Å². The van der Waals surface area contributed by atoms with Crippen molar-refractivity contribution in [2.75, 3.05) is 32.7 Å². The Morgan fingerprint density at radius 1 is 1.08 bits per heavy atom. The Morgan fingerprint density at radius 2 is 1.75 bits per heavy atom. The molecule has 0 radical (unpaired) electrons. The van der Waals surface area contributed by atoms with Gasteiger partial charge in [-0.15, -0.1) is 0 Å². The summed E-state index contributed by atoms with van der Waals surface area (Å²) >= 11 is 5.30. The molecular formula is C17H21N3O2S2. The van der Waals surface area contributed by atoms with Crippen LogP contribution in [-0.4, -0.2) is 55.5 Å². The Labute approximate surface area is 148 Å². The van der Waals surface area contributed by atoms with Crippen LogP contribution in [0.4, 0.5) is 0 Å². The molecule has 1 aliphatic rings. The molecule has 0 spiro atoms. The van der Waals surface area contributed by atoms with Crippen LogP contribution in [0.15, 0.2) is 47.4 Å². The predicted octanol–water partition coefficient (Wildman–Crippen LogP) is 2.04. The highest BCUT2D eigenvalue weighted by Crippen LogP contribution is 2.22. The molecule has 1 aliphatic heterocycles. The summed E-state index contributed by atoms with van der Waals surface area (Å²) in [7, 11) is -3.47. The lowest BCUT2D eigenvalue weighted by Crippen LogP contribution is -2.52. The Morgan fingerprint density at radius 3 is 2.42 bits per heavy atom. The van der Waals surface area contributed by atoms with Gasteiger partial charge in [0.15, 0.2) is 5.11 Å². The summed E-state index contributed by atoms with van der Waals surface area (Å²) in [6, 6.07) is 13.1. The van der Waals surface area contributed by atoms with Crippen LogP contribution in [0.3, 0.4) is 0 Å². The minimum Gasteiger partial charge on any atom is -0.363 e. The fourth-order valence-electron chi connectivity index (χ4n) is 2.87. The van der Waals surface area contributed by atoms with Crippen molar-refractivity contribution >= 4 is 38.1 Å². The molecule has 1 saturated heterocycles. The number of hydrogen-bond donors (Lipinski definition) is 1. The Bertz CT molecular complexity index is 844. The molecule has 2 aromatic carbocycles. The van der Waals surface area contributed by atoms with E-state index in [1.165, 1.54) is 0 Å². The van der Waals surface area contributed by atoms with Crippen molar-refractivity contribution in [3.05, 3.63) is 42.5 Å². The van der Waals surface area contributed by atoms with Crippen molar-refractivity contribution in [2.45, 2.75) is 11.8 Å². The van der Waals surface area contributed by atoms with Crippen molar-refractivity contribution in [1.82, 2.24) is 14.5 Å². The molecule has 7 heteroatoms. The Balaban J connectivity index is 1.77. The van der Waals surface area contributed by atoms with E-state index >= 15 is 0 Å². The Hall–Kier alpha value is -1.70. The van der Waals surface area contributed by atoms with E-state index in [1.54, 1.807) is 16.4 Å². The van der Waals surface area contributed by atoms with Crippen molar-refractivity contribution in [2.24, 2.45) is 0 Å². The molecule has 1 heterocycles. The van der Waals surface area contributed by atoms with Crippen molar-refractivity contribution in [3.8, 4) is 0 Å². The maximum Gasteiger partial charge on any atom is 0.243 e. The van der Waals surface area contributed by atoms with Crippen molar-refractivity contribution in [1.29, 1.82) is 0 Å². The van der Waals surface area contributed by atoms with E-state index in [4.69, 9.17) is 12.2 Å². The third kappa shape index (κ3) is 3.38. The van der Waals surface area contributed by atoms with Crippen LogP contribution < -0.4 is 5.32 Å². The van der Waals surface area contributed by atoms with Crippen LogP contribution in [0.1, 0.15) is 6.92 Å². The van der Waals surface area contributed by atoms with E-state index in [1.807, 2.05) is 42.2 Å². The highest BCUT2D eigenvalue weighted by molar-refractivity contribution is 7.89. The SMILES string of the molecule is CCNC(=S)N1CCN(S(=O)(=O)c2ccc3ccccc3c2)CC1. The number of hydrogen-bond acceptors (Lipinski definition) is 3. The number of benzene rings is 2. The highest BCUT2D eigenvalue weighted by atomic mass is 32.2. The minimum absolute atomic E-state index is 0.351. The molecular weight excluding hydrogens is 342 g/mol. The fraction of sp³-hybridized carbons (Fsp3) is 0.353. The molecule has 0 bridgehead atoms. The number of nitrogens with zero attached hydrogens (tertiary/aromatic N) is 2.